The SMILES string of the molecule is CCOC(=O)[C@H](CCCN=C(NC(=O)OC(C)(C)C)NC(=O)OC(C)(C)C)NC(=O)OCC1c2ccccc2-c2ccccc21. The van der Waals surface area contributed by atoms with Crippen molar-refractivity contribution in [2.45, 2.75) is 84.5 Å². The highest BCUT2D eigenvalue weighted by Crippen LogP contribution is 2.44. The minimum Gasteiger partial charge on any atom is -0.464 e. The van der Waals surface area contributed by atoms with E-state index in [9.17, 15) is 19.2 Å². The first kappa shape index (κ1) is 34.9. The Morgan fingerprint density at radius 1 is 0.778 bits per heavy atom. The smallest absolute Gasteiger partial charge is 0.414 e. The molecule has 45 heavy (non-hydrogen) atoms. The lowest BCUT2D eigenvalue weighted by molar-refractivity contribution is -0.145. The summed E-state index contributed by atoms with van der Waals surface area (Å²) in [5.74, 6) is -0.934. The lowest BCUT2D eigenvalue weighted by atomic mass is 9.98. The second-order valence-corrected chi connectivity index (χ2v) is 12.4. The van der Waals surface area contributed by atoms with E-state index in [0.29, 0.717) is 0 Å². The lowest BCUT2D eigenvalue weighted by Crippen LogP contribution is -2.47. The van der Waals surface area contributed by atoms with Crippen LogP contribution >= 0.6 is 0 Å². The summed E-state index contributed by atoms with van der Waals surface area (Å²) in [6.45, 7) is 12.2. The largest absolute Gasteiger partial charge is 0.464 e. The number of hydrogen-bond donors (Lipinski definition) is 3. The fourth-order valence-electron chi connectivity index (χ4n) is 4.67. The third kappa shape index (κ3) is 11.1. The second-order valence-electron chi connectivity index (χ2n) is 12.4. The maximum absolute atomic E-state index is 12.9. The van der Waals surface area contributed by atoms with E-state index < -0.39 is 41.5 Å². The summed E-state index contributed by atoms with van der Waals surface area (Å²) in [6, 6.07) is 15.0. The standard InChI is InChI=1S/C33H44N4O8/c1-8-42-27(38)26(18-13-19-34-28(36-30(40)44-32(2,3)4)37-31(41)45-33(5,6)7)35-29(39)43-20-25-23-16-11-9-14-21(23)22-15-10-12-17-24(22)25/h9-12,14-17,25-26H,8,13,18-20H2,1-7H3,(H,35,39)(H2,34,36,37,40,41)/t26-/m0/s1. The van der Waals surface area contributed by atoms with Gasteiger partial charge in [-0.25, -0.2) is 19.2 Å². The van der Waals surface area contributed by atoms with Gasteiger partial charge in [0.1, 0.15) is 23.9 Å². The highest BCUT2D eigenvalue weighted by Gasteiger charge is 2.30. The maximum Gasteiger partial charge on any atom is 0.414 e. The first-order chi connectivity index (χ1) is 21.2. The van der Waals surface area contributed by atoms with Gasteiger partial charge in [0.05, 0.1) is 6.61 Å². The van der Waals surface area contributed by atoms with Crippen LogP contribution in [0.5, 0.6) is 0 Å². The number of carbonyl (C=O) groups is 4. The summed E-state index contributed by atoms with van der Waals surface area (Å²) in [7, 11) is 0. The predicted molar refractivity (Wildman–Crippen MR) is 169 cm³/mol. The number of guanidine groups is 1. The van der Waals surface area contributed by atoms with Gasteiger partial charge in [-0.2, -0.15) is 0 Å². The van der Waals surface area contributed by atoms with Crippen molar-refractivity contribution in [3.05, 3.63) is 59.7 Å². The van der Waals surface area contributed by atoms with Crippen molar-refractivity contribution in [1.82, 2.24) is 16.0 Å². The average Bonchev–Trinajstić information content (AvgIpc) is 3.25. The molecule has 12 heteroatoms. The topological polar surface area (TPSA) is 154 Å². The Morgan fingerprint density at radius 3 is 1.78 bits per heavy atom. The monoisotopic (exact) mass is 624 g/mol. The van der Waals surface area contributed by atoms with E-state index in [1.54, 1.807) is 48.5 Å². The Labute approximate surface area is 264 Å². The molecule has 1 atom stereocenters. The Kier molecular flexibility index (Phi) is 11.9. The zero-order chi connectivity index (χ0) is 33.2. The zero-order valence-corrected chi connectivity index (χ0v) is 27.0. The molecule has 0 aromatic heterocycles. The number of nitrogens with zero attached hydrogens (tertiary/aromatic N) is 1. The third-order valence-electron chi connectivity index (χ3n) is 6.37. The van der Waals surface area contributed by atoms with E-state index in [0.717, 1.165) is 22.3 Å². The maximum atomic E-state index is 12.9. The van der Waals surface area contributed by atoms with Gasteiger partial charge in [-0.3, -0.25) is 15.6 Å². The fourth-order valence-corrected chi connectivity index (χ4v) is 4.67. The van der Waals surface area contributed by atoms with Crippen LogP contribution in [0.3, 0.4) is 0 Å². The number of benzene rings is 2. The lowest BCUT2D eigenvalue weighted by Gasteiger charge is -2.22. The molecule has 3 amide bonds. The summed E-state index contributed by atoms with van der Waals surface area (Å²) in [6.07, 6.45) is -1.96. The molecule has 0 spiro atoms. The van der Waals surface area contributed by atoms with Gasteiger partial charge in [0, 0.05) is 12.5 Å². The summed E-state index contributed by atoms with van der Waals surface area (Å²) in [5.41, 5.74) is 2.80. The van der Waals surface area contributed by atoms with Gasteiger partial charge >= 0.3 is 24.2 Å². The quantitative estimate of drug-likeness (QED) is 0.106. The van der Waals surface area contributed by atoms with Crippen molar-refractivity contribution in [3.8, 4) is 11.1 Å². The number of alkyl carbamates (subject to hydrolysis) is 3. The Hall–Kier alpha value is -4.61. The van der Waals surface area contributed by atoms with Crippen LogP contribution in [0.2, 0.25) is 0 Å². The first-order valence-electron chi connectivity index (χ1n) is 15.0. The molecule has 3 N–H and O–H groups in total. The number of esters is 1. The number of rotatable bonds is 9. The molecule has 1 aliphatic carbocycles. The van der Waals surface area contributed by atoms with E-state index >= 15 is 0 Å². The summed E-state index contributed by atoms with van der Waals surface area (Å²) in [5, 5.41) is 7.43. The van der Waals surface area contributed by atoms with E-state index in [-0.39, 0.29) is 44.5 Å². The van der Waals surface area contributed by atoms with Gasteiger partial charge in [0.2, 0.25) is 5.96 Å². The molecule has 2 aromatic carbocycles. The number of hydrogen-bond acceptors (Lipinski definition) is 9. The number of carbonyl (C=O) groups excluding carboxylic acids is 4. The van der Waals surface area contributed by atoms with Crippen LogP contribution < -0.4 is 16.0 Å². The van der Waals surface area contributed by atoms with E-state index in [2.05, 4.69) is 20.9 Å². The molecule has 0 aliphatic heterocycles. The molecule has 244 valence electrons. The third-order valence-corrected chi connectivity index (χ3v) is 6.37. The molecule has 0 heterocycles. The van der Waals surface area contributed by atoms with Crippen molar-refractivity contribution in [3.63, 3.8) is 0 Å². The van der Waals surface area contributed by atoms with Crippen LogP contribution in [-0.2, 0) is 23.7 Å². The van der Waals surface area contributed by atoms with Crippen LogP contribution in [0.25, 0.3) is 11.1 Å². The zero-order valence-electron chi connectivity index (χ0n) is 27.0. The molecule has 3 rings (SSSR count). The summed E-state index contributed by atoms with van der Waals surface area (Å²) < 4.78 is 21.3. The minimum absolute atomic E-state index is 0.0726. The van der Waals surface area contributed by atoms with Crippen molar-refractivity contribution in [2.24, 2.45) is 4.99 Å². The number of nitrogens with one attached hydrogen (secondary N) is 3. The van der Waals surface area contributed by atoms with Crippen LogP contribution in [-0.4, -0.2) is 67.2 Å². The molecule has 0 radical (unpaired) electrons. The van der Waals surface area contributed by atoms with Gasteiger partial charge < -0.3 is 24.3 Å². The van der Waals surface area contributed by atoms with Crippen LogP contribution in [0.15, 0.2) is 53.5 Å². The predicted octanol–water partition coefficient (Wildman–Crippen LogP) is 5.64. The highest BCUT2D eigenvalue weighted by molar-refractivity contribution is 6.01. The molecule has 2 aromatic rings. The molecular weight excluding hydrogens is 580 g/mol. The fraction of sp³-hybridized carbons (Fsp3) is 0.485. The molecule has 0 bridgehead atoms. The van der Waals surface area contributed by atoms with Crippen molar-refractivity contribution in [2.75, 3.05) is 19.8 Å². The van der Waals surface area contributed by atoms with Gasteiger partial charge in [0.15, 0.2) is 0 Å². The normalized spacial score (nSPS) is 13.0. The number of amides is 3. The minimum atomic E-state index is -1.00. The summed E-state index contributed by atoms with van der Waals surface area (Å²) in [4.78, 5) is 54.4. The molecule has 0 fully saturated rings. The first-order valence-corrected chi connectivity index (χ1v) is 15.0. The molecular formula is C33H44N4O8. The molecule has 0 unspecified atom stereocenters. The Bertz CT molecular complexity index is 1320. The van der Waals surface area contributed by atoms with Gasteiger partial charge in [-0.1, -0.05) is 48.5 Å². The molecule has 1 aliphatic rings. The van der Waals surface area contributed by atoms with E-state index in [1.807, 2.05) is 48.5 Å². The van der Waals surface area contributed by atoms with Gasteiger partial charge in [-0.05, 0) is 83.6 Å². The Balaban J connectivity index is 1.62. The van der Waals surface area contributed by atoms with E-state index in [4.69, 9.17) is 18.9 Å². The number of aliphatic imine (C=N–C) groups is 1. The van der Waals surface area contributed by atoms with Crippen LogP contribution in [0, 0.1) is 0 Å². The van der Waals surface area contributed by atoms with Crippen LogP contribution in [0.4, 0.5) is 14.4 Å². The van der Waals surface area contributed by atoms with E-state index in [1.165, 1.54) is 0 Å². The molecule has 0 saturated carbocycles. The van der Waals surface area contributed by atoms with Gasteiger partial charge in [0.25, 0.3) is 0 Å². The molecule has 0 saturated heterocycles. The highest BCUT2D eigenvalue weighted by atomic mass is 16.6. The summed E-state index contributed by atoms with van der Waals surface area (Å²) >= 11 is 0. The average molecular weight is 625 g/mol. The number of fused-ring (bicyclic) bond motifs is 3. The van der Waals surface area contributed by atoms with Crippen molar-refractivity contribution >= 4 is 30.2 Å². The second kappa shape index (κ2) is 15.4. The van der Waals surface area contributed by atoms with Crippen molar-refractivity contribution < 1.29 is 38.1 Å². The van der Waals surface area contributed by atoms with Gasteiger partial charge in [-0.15, -0.1) is 0 Å². The van der Waals surface area contributed by atoms with Crippen LogP contribution in [0.1, 0.15) is 78.4 Å². The number of ether oxygens (including phenoxy) is 4. The van der Waals surface area contributed by atoms with Crippen molar-refractivity contribution in [1.29, 1.82) is 0 Å². The Morgan fingerprint density at radius 2 is 1.29 bits per heavy atom. The molecule has 12 nitrogen and oxygen atoms in total.